The summed E-state index contributed by atoms with van der Waals surface area (Å²) in [6, 6.07) is 15.1. The number of anilines is 1. The van der Waals surface area contributed by atoms with E-state index < -0.39 is 0 Å². The van der Waals surface area contributed by atoms with Crippen LogP contribution in [0.2, 0.25) is 0 Å². The number of nitrogens with one attached hydrogen (secondary N) is 1. The molecule has 106 valence electrons. The lowest BCUT2D eigenvalue weighted by molar-refractivity contribution is 0.0947. The van der Waals surface area contributed by atoms with E-state index in [9.17, 15) is 4.79 Å². The number of hydrogen-bond acceptors (Lipinski definition) is 3. The van der Waals surface area contributed by atoms with E-state index in [1.165, 1.54) is 0 Å². The smallest absolute Gasteiger partial charge is 0.272 e. The Bertz CT molecular complexity index is 807. The molecule has 0 radical (unpaired) electrons. The molecule has 0 aliphatic rings. The Hall–Kier alpha value is -2.82. The maximum atomic E-state index is 12.3. The Kier molecular flexibility index (Phi) is 3.31. The number of benzene rings is 2. The third kappa shape index (κ3) is 2.45. The molecule has 0 aliphatic carbocycles. The maximum absolute atomic E-state index is 12.3. The Morgan fingerprint density at radius 1 is 1.19 bits per heavy atom. The fourth-order valence-corrected chi connectivity index (χ4v) is 2.34. The molecule has 5 nitrogen and oxygen atoms in total. The number of para-hydroxylation sites is 2. The molecule has 0 saturated carbocycles. The van der Waals surface area contributed by atoms with Crippen LogP contribution in [0.3, 0.4) is 0 Å². The molecule has 0 aliphatic heterocycles. The predicted octanol–water partition coefficient (Wildman–Crippen LogP) is 2.09. The Balaban J connectivity index is 1.83. The van der Waals surface area contributed by atoms with E-state index in [-0.39, 0.29) is 5.91 Å². The number of carbonyl (C=O) groups excluding carboxylic acids is 1. The number of amides is 1. The molecule has 3 rings (SSSR count). The number of aryl methyl sites for hydroxylation is 1. The van der Waals surface area contributed by atoms with E-state index in [4.69, 9.17) is 5.73 Å². The summed E-state index contributed by atoms with van der Waals surface area (Å²) >= 11 is 0. The topological polar surface area (TPSA) is 72.9 Å². The molecule has 3 N–H and O–H groups in total. The number of nitrogens with two attached hydrogens (primary N) is 1. The summed E-state index contributed by atoms with van der Waals surface area (Å²) in [5.74, 6) is -0.199. The molecule has 0 spiro atoms. The van der Waals surface area contributed by atoms with Crippen molar-refractivity contribution in [1.29, 1.82) is 0 Å². The van der Waals surface area contributed by atoms with Crippen molar-refractivity contribution in [2.75, 3.05) is 5.73 Å². The van der Waals surface area contributed by atoms with Crippen molar-refractivity contribution in [3.05, 3.63) is 59.8 Å². The first-order valence-electron chi connectivity index (χ1n) is 6.70. The van der Waals surface area contributed by atoms with Gasteiger partial charge in [-0.2, -0.15) is 5.10 Å². The standard InChI is InChI=1S/C16H16N4O/c1-20-14-9-5-3-7-12(14)15(19-20)16(21)18-10-11-6-2-4-8-13(11)17/h2-9H,10,17H2,1H3,(H,18,21). The van der Waals surface area contributed by atoms with Crippen LogP contribution in [0.25, 0.3) is 10.9 Å². The first-order valence-corrected chi connectivity index (χ1v) is 6.70. The second-order valence-corrected chi connectivity index (χ2v) is 4.87. The zero-order valence-corrected chi connectivity index (χ0v) is 11.7. The molecule has 0 saturated heterocycles. The van der Waals surface area contributed by atoms with Crippen molar-refractivity contribution in [1.82, 2.24) is 15.1 Å². The number of fused-ring (bicyclic) bond motifs is 1. The summed E-state index contributed by atoms with van der Waals surface area (Å²) in [6.07, 6.45) is 0. The first kappa shape index (κ1) is 13.2. The van der Waals surface area contributed by atoms with Crippen molar-refractivity contribution in [2.24, 2.45) is 7.05 Å². The van der Waals surface area contributed by atoms with Gasteiger partial charge in [0.15, 0.2) is 5.69 Å². The number of hydrogen-bond donors (Lipinski definition) is 2. The van der Waals surface area contributed by atoms with Gasteiger partial charge < -0.3 is 11.1 Å². The van der Waals surface area contributed by atoms with Gasteiger partial charge in [0.05, 0.1) is 5.52 Å². The van der Waals surface area contributed by atoms with Gasteiger partial charge in [0.25, 0.3) is 5.91 Å². The van der Waals surface area contributed by atoms with Crippen LogP contribution in [-0.2, 0) is 13.6 Å². The lowest BCUT2D eigenvalue weighted by atomic mass is 10.1. The van der Waals surface area contributed by atoms with Crippen LogP contribution in [0.5, 0.6) is 0 Å². The lowest BCUT2D eigenvalue weighted by Crippen LogP contribution is -2.24. The Labute approximate surface area is 122 Å². The van der Waals surface area contributed by atoms with E-state index in [2.05, 4.69) is 10.4 Å². The van der Waals surface area contributed by atoms with Gasteiger partial charge in [-0.3, -0.25) is 9.48 Å². The number of carbonyl (C=O) groups is 1. The Morgan fingerprint density at radius 3 is 2.71 bits per heavy atom. The number of nitrogens with zero attached hydrogens (tertiary/aromatic N) is 2. The third-order valence-corrected chi connectivity index (χ3v) is 3.47. The van der Waals surface area contributed by atoms with Crippen molar-refractivity contribution in [3.63, 3.8) is 0 Å². The molecule has 3 aromatic rings. The summed E-state index contributed by atoms with van der Waals surface area (Å²) in [5, 5.41) is 8.01. The highest BCUT2D eigenvalue weighted by atomic mass is 16.1. The molecule has 0 unspecified atom stereocenters. The minimum absolute atomic E-state index is 0.199. The number of nitrogen functional groups attached to an aromatic ring is 1. The molecular formula is C16H16N4O. The predicted molar refractivity (Wildman–Crippen MR) is 82.7 cm³/mol. The van der Waals surface area contributed by atoms with E-state index in [1.807, 2.05) is 55.6 Å². The van der Waals surface area contributed by atoms with Crippen LogP contribution >= 0.6 is 0 Å². The molecule has 0 atom stereocenters. The third-order valence-electron chi connectivity index (χ3n) is 3.47. The fourth-order valence-electron chi connectivity index (χ4n) is 2.34. The SMILES string of the molecule is Cn1nc(C(=O)NCc2ccccc2N)c2ccccc21. The van der Waals surface area contributed by atoms with Gasteiger partial charge in [0.2, 0.25) is 0 Å². The summed E-state index contributed by atoms with van der Waals surface area (Å²) in [7, 11) is 1.83. The van der Waals surface area contributed by atoms with E-state index in [0.717, 1.165) is 16.5 Å². The fraction of sp³-hybridized carbons (Fsp3) is 0.125. The minimum atomic E-state index is -0.199. The second-order valence-electron chi connectivity index (χ2n) is 4.87. The van der Waals surface area contributed by atoms with Gasteiger partial charge in [-0.25, -0.2) is 0 Å². The minimum Gasteiger partial charge on any atom is -0.398 e. The highest BCUT2D eigenvalue weighted by molar-refractivity contribution is 6.04. The van der Waals surface area contributed by atoms with Crippen molar-refractivity contribution in [2.45, 2.75) is 6.54 Å². The average molecular weight is 280 g/mol. The van der Waals surface area contributed by atoms with Crippen LogP contribution in [0.4, 0.5) is 5.69 Å². The van der Waals surface area contributed by atoms with Crippen LogP contribution in [0, 0.1) is 0 Å². The quantitative estimate of drug-likeness (QED) is 0.721. The normalized spacial score (nSPS) is 10.7. The second kappa shape index (κ2) is 5.28. The highest BCUT2D eigenvalue weighted by Crippen LogP contribution is 2.17. The molecule has 1 amide bonds. The molecule has 0 fully saturated rings. The van der Waals surface area contributed by atoms with Gasteiger partial charge in [-0.15, -0.1) is 0 Å². The van der Waals surface area contributed by atoms with Crippen LogP contribution in [-0.4, -0.2) is 15.7 Å². The largest absolute Gasteiger partial charge is 0.398 e. The monoisotopic (exact) mass is 280 g/mol. The van der Waals surface area contributed by atoms with Crippen molar-refractivity contribution >= 4 is 22.5 Å². The lowest BCUT2D eigenvalue weighted by Gasteiger charge is -2.06. The van der Waals surface area contributed by atoms with Gasteiger partial charge in [0, 0.05) is 24.7 Å². The average Bonchev–Trinajstić information content (AvgIpc) is 2.84. The van der Waals surface area contributed by atoms with Crippen molar-refractivity contribution < 1.29 is 4.79 Å². The summed E-state index contributed by atoms with van der Waals surface area (Å²) in [4.78, 5) is 12.3. The molecule has 2 aromatic carbocycles. The molecular weight excluding hydrogens is 264 g/mol. The zero-order valence-electron chi connectivity index (χ0n) is 11.7. The van der Waals surface area contributed by atoms with Crippen LogP contribution in [0.1, 0.15) is 16.1 Å². The van der Waals surface area contributed by atoms with Crippen LogP contribution in [0.15, 0.2) is 48.5 Å². The number of rotatable bonds is 3. The molecule has 1 heterocycles. The molecule has 1 aromatic heterocycles. The molecule has 0 bridgehead atoms. The highest BCUT2D eigenvalue weighted by Gasteiger charge is 2.15. The summed E-state index contributed by atoms with van der Waals surface area (Å²) < 4.78 is 1.71. The summed E-state index contributed by atoms with van der Waals surface area (Å²) in [6.45, 7) is 0.385. The molecule has 5 heteroatoms. The summed E-state index contributed by atoms with van der Waals surface area (Å²) in [5.41, 5.74) is 8.80. The van der Waals surface area contributed by atoms with E-state index in [1.54, 1.807) is 4.68 Å². The Morgan fingerprint density at radius 2 is 1.90 bits per heavy atom. The van der Waals surface area contributed by atoms with E-state index >= 15 is 0 Å². The van der Waals surface area contributed by atoms with Gasteiger partial charge in [0.1, 0.15) is 0 Å². The molecule has 21 heavy (non-hydrogen) atoms. The van der Waals surface area contributed by atoms with Gasteiger partial charge in [-0.1, -0.05) is 36.4 Å². The van der Waals surface area contributed by atoms with Gasteiger partial charge >= 0.3 is 0 Å². The maximum Gasteiger partial charge on any atom is 0.272 e. The zero-order chi connectivity index (χ0) is 14.8. The van der Waals surface area contributed by atoms with E-state index in [0.29, 0.717) is 17.9 Å². The van der Waals surface area contributed by atoms with Crippen LogP contribution < -0.4 is 11.1 Å². The first-order chi connectivity index (χ1) is 10.2. The number of aromatic nitrogens is 2. The van der Waals surface area contributed by atoms with Crippen molar-refractivity contribution in [3.8, 4) is 0 Å². The van der Waals surface area contributed by atoms with Gasteiger partial charge in [-0.05, 0) is 17.7 Å².